The van der Waals surface area contributed by atoms with E-state index in [1.165, 1.54) is 56.6 Å². The molecule has 3 aromatic carbocycles. The van der Waals surface area contributed by atoms with Crippen molar-refractivity contribution >= 4 is 22.8 Å². The zero-order valence-corrected chi connectivity index (χ0v) is 22.7. The molecule has 0 aliphatic heterocycles. The molecule has 2 amide bonds. The maximum atomic E-state index is 13.6. The van der Waals surface area contributed by atoms with Crippen molar-refractivity contribution in [2.24, 2.45) is 5.92 Å². The highest BCUT2D eigenvalue weighted by atomic mass is 19.4. The van der Waals surface area contributed by atoms with Crippen LogP contribution in [-0.4, -0.2) is 44.3 Å². The molecule has 2 N–H and O–H groups in total. The fraction of sp³-hybridized carbons (Fsp3) is 0.290. The lowest BCUT2D eigenvalue weighted by Crippen LogP contribution is -2.68. The highest BCUT2D eigenvalue weighted by Crippen LogP contribution is 2.57. The number of halogens is 4. The first-order valence-electron chi connectivity index (χ1n) is 13.3. The highest BCUT2D eigenvalue weighted by Gasteiger charge is 2.57. The van der Waals surface area contributed by atoms with Gasteiger partial charge in [-0.1, -0.05) is 6.07 Å². The van der Waals surface area contributed by atoms with E-state index in [9.17, 15) is 27.2 Å². The molecule has 0 atom stereocenters. The summed E-state index contributed by atoms with van der Waals surface area (Å²) in [5.41, 5.74) is 1.16. The number of nitrogens with one attached hydrogen (secondary N) is 2. The fourth-order valence-corrected chi connectivity index (χ4v) is 5.78. The van der Waals surface area contributed by atoms with E-state index >= 15 is 0 Å². The molecule has 4 aromatic rings. The van der Waals surface area contributed by atoms with E-state index in [1.807, 2.05) is 0 Å². The summed E-state index contributed by atoms with van der Waals surface area (Å²) in [6.45, 7) is -1.58. The van der Waals surface area contributed by atoms with Crippen LogP contribution in [0.4, 0.5) is 17.6 Å². The molecular weight excluding hydrogens is 556 g/mol. The molecule has 7 rings (SSSR count). The average Bonchev–Trinajstić information content (AvgIpc) is 3.30. The molecule has 3 aliphatic rings. The number of hydrogen-bond donors (Lipinski definition) is 2. The van der Waals surface area contributed by atoms with Gasteiger partial charge in [0, 0.05) is 35.2 Å². The van der Waals surface area contributed by atoms with Gasteiger partial charge in [0.2, 0.25) is 0 Å². The summed E-state index contributed by atoms with van der Waals surface area (Å²) >= 11 is 0. The van der Waals surface area contributed by atoms with Crippen LogP contribution in [-0.2, 0) is 0 Å². The number of fused-ring (bicyclic) bond motifs is 1. The average molecular weight is 583 g/mol. The Morgan fingerprint density at radius 3 is 2.26 bits per heavy atom. The quantitative estimate of drug-likeness (QED) is 0.232. The van der Waals surface area contributed by atoms with Crippen molar-refractivity contribution in [1.29, 1.82) is 0 Å². The largest absolute Gasteiger partial charge is 0.496 e. The van der Waals surface area contributed by atoms with E-state index in [-0.39, 0.29) is 45.2 Å². The molecule has 1 heterocycles. The Bertz CT molecular complexity index is 1690. The Labute approximate surface area is 237 Å². The van der Waals surface area contributed by atoms with Gasteiger partial charge in [0.05, 0.1) is 18.2 Å². The topological polar surface area (TPSA) is 89.8 Å². The van der Waals surface area contributed by atoms with Crippen molar-refractivity contribution in [2.45, 2.75) is 31.0 Å². The number of carbonyl (C=O) groups is 2. The smallest absolute Gasteiger partial charge is 0.422 e. The van der Waals surface area contributed by atoms with Gasteiger partial charge in [0.25, 0.3) is 11.8 Å². The number of methoxy groups -OCH3 is 1. The lowest BCUT2D eigenvalue weighted by Gasteiger charge is -2.61. The third-order valence-corrected chi connectivity index (χ3v) is 7.91. The Morgan fingerprint density at radius 2 is 1.67 bits per heavy atom. The zero-order chi connectivity index (χ0) is 29.8. The number of amides is 2. The summed E-state index contributed by atoms with van der Waals surface area (Å²) in [6, 6.07) is 12.7. The molecule has 0 unspecified atom stereocenters. The van der Waals surface area contributed by atoms with Crippen molar-refractivity contribution in [3.63, 3.8) is 0 Å². The van der Waals surface area contributed by atoms with E-state index in [0.29, 0.717) is 28.2 Å². The second-order valence-electron chi connectivity index (χ2n) is 10.8. The van der Waals surface area contributed by atoms with Crippen LogP contribution >= 0.6 is 0 Å². The van der Waals surface area contributed by atoms with Gasteiger partial charge in [-0.2, -0.15) is 13.2 Å². The minimum Gasteiger partial charge on any atom is -0.496 e. The van der Waals surface area contributed by atoms with Crippen LogP contribution in [0.5, 0.6) is 11.5 Å². The molecular formula is C31H26F4N2O5. The minimum atomic E-state index is -4.63. The van der Waals surface area contributed by atoms with Crippen LogP contribution in [0.1, 0.15) is 40.0 Å². The van der Waals surface area contributed by atoms with Crippen LogP contribution in [0.15, 0.2) is 59.0 Å². The standard InChI is InChI=1S/C31H26F4N2O5/c1-36-29(39)26-21-10-20(18-5-8-23(40-2)22(9-18)28(38)37-30-12-16(13-30)14-30)24(41-15-31(33,34)35)11-25(21)42-27(26)17-3-6-19(32)7-4-17/h3-11,16H,12-15H2,1-2H3,(H,36,39)(H,37,38). The first-order valence-corrected chi connectivity index (χ1v) is 13.3. The molecule has 2 bridgehead atoms. The molecule has 7 nitrogen and oxygen atoms in total. The van der Waals surface area contributed by atoms with Gasteiger partial charge in [-0.3, -0.25) is 9.59 Å². The summed E-state index contributed by atoms with van der Waals surface area (Å²) < 4.78 is 69.9. The summed E-state index contributed by atoms with van der Waals surface area (Å²) in [5.74, 6) is -0.474. The monoisotopic (exact) mass is 582 g/mol. The van der Waals surface area contributed by atoms with Crippen LogP contribution in [0.25, 0.3) is 33.4 Å². The van der Waals surface area contributed by atoms with E-state index in [2.05, 4.69) is 10.6 Å². The first kappa shape index (κ1) is 27.6. The predicted molar refractivity (Wildman–Crippen MR) is 146 cm³/mol. The van der Waals surface area contributed by atoms with E-state index < -0.39 is 24.5 Å². The molecule has 0 saturated heterocycles. The number of benzene rings is 3. The molecule has 3 aliphatic carbocycles. The van der Waals surface area contributed by atoms with Crippen LogP contribution in [0.2, 0.25) is 0 Å². The van der Waals surface area contributed by atoms with Gasteiger partial charge in [0.1, 0.15) is 28.7 Å². The van der Waals surface area contributed by atoms with Crippen LogP contribution in [0.3, 0.4) is 0 Å². The predicted octanol–water partition coefficient (Wildman–Crippen LogP) is 6.50. The second kappa shape index (κ2) is 10.1. The molecule has 3 saturated carbocycles. The fourth-order valence-electron chi connectivity index (χ4n) is 5.78. The normalized spacial score (nSPS) is 19.0. The van der Waals surface area contributed by atoms with Crippen molar-refractivity contribution in [1.82, 2.24) is 10.6 Å². The third-order valence-electron chi connectivity index (χ3n) is 7.91. The summed E-state index contributed by atoms with van der Waals surface area (Å²) in [5, 5.41) is 5.92. The van der Waals surface area contributed by atoms with Gasteiger partial charge in [0.15, 0.2) is 6.61 Å². The number of alkyl halides is 3. The molecule has 42 heavy (non-hydrogen) atoms. The Hall–Kier alpha value is -4.54. The highest BCUT2D eigenvalue weighted by molar-refractivity contribution is 6.12. The maximum absolute atomic E-state index is 13.6. The van der Waals surface area contributed by atoms with Gasteiger partial charge >= 0.3 is 6.18 Å². The zero-order valence-electron chi connectivity index (χ0n) is 22.7. The summed E-state index contributed by atoms with van der Waals surface area (Å²) in [6.07, 6.45) is -1.86. The van der Waals surface area contributed by atoms with Crippen molar-refractivity contribution in [2.75, 3.05) is 20.8 Å². The molecule has 11 heteroatoms. The van der Waals surface area contributed by atoms with Crippen LogP contribution < -0.4 is 20.1 Å². The second-order valence-corrected chi connectivity index (χ2v) is 10.8. The van der Waals surface area contributed by atoms with E-state index in [4.69, 9.17) is 13.9 Å². The molecule has 218 valence electrons. The lowest BCUT2D eigenvalue weighted by molar-refractivity contribution is -0.153. The van der Waals surface area contributed by atoms with Gasteiger partial charge in [-0.15, -0.1) is 0 Å². The maximum Gasteiger partial charge on any atom is 0.422 e. The van der Waals surface area contributed by atoms with Crippen molar-refractivity contribution in [3.05, 3.63) is 71.5 Å². The van der Waals surface area contributed by atoms with Crippen LogP contribution in [0, 0.1) is 11.7 Å². The Balaban J connectivity index is 1.51. The summed E-state index contributed by atoms with van der Waals surface area (Å²) in [4.78, 5) is 26.3. The minimum absolute atomic E-state index is 0.0870. The number of rotatable bonds is 8. The van der Waals surface area contributed by atoms with Gasteiger partial charge in [-0.05, 0) is 73.2 Å². The SMILES string of the molecule is CNC(=O)c1c(-c2ccc(F)cc2)oc2cc(OCC(F)(F)F)c(-c3ccc(OC)c(C(=O)NC45CC(C4)C5)c3)cc12. The number of hydrogen-bond acceptors (Lipinski definition) is 5. The van der Waals surface area contributed by atoms with Crippen molar-refractivity contribution in [3.8, 4) is 33.9 Å². The van der Waals surface area contributed by atoms with E-state index in [0.717, 1.165) is 19.3 Å². The third kappa shape index (κ3) is 4.93. The Morgan fingerprint density at radius 1 is 0.976 bits per heavy atom. The van der Waals surface area contributed by atoms with Crippen molar-refractivity contribution < 1.29 is 41.0 Å². The number of ether oxygens (including phenoxy) is 2. The number of carbonyl (C=O) groups excluding carboxylic acids is 2. The van der Waals surface area contributed by atoms with Gasteiger partial charge in [-0.25, -0.2) is 4.39 Å². The molecule has 1 aromatic heterocycles. The lowest BCUT2D eigenvalue weighted by atomic mass is 9.50. The summed E-state index contributed by atoms with van der Waals surface area (Å²) in [7, 11) is 2.85. The number of furan rings is 1. The molecule has 3 fully saturated rings. The van der Waals surface area contributed by atoms with E-state index in [1.54, 1.807) is 12.1 Å². The first-order chi connectivity index (χ1) is 20.0. The van der Waals surface area contributed by atoms with Gasteiger partial charge < -0.3 is 24.5 Å². The Kier molecular flexibility index (Phi) is 6.63. The molecule has 0 spiro atoms. The molecule has 0 radical (unpaired) electrons.